The largest absolute Gasteiger partial charge is 0.325 e. The average molecular weight is 327 g/mol. The normalized spacial score (nSPS) is 16.2. The predicted octanol–water partition coefficient (Wildman–Crippen LogP) is 1.78. The summed E-state index contributed by atoms with van der Waals surface area (Å²) >= 11 is 0. The van der Waals surface area contributed by atoms with Gasteiger partial charge in [-0.15, -0.1) is 0 Å². The van der Waals surface area contributed by atoms with Crippen LogP contribution in [-0.2, 0) is 11.3 Å². The highest BCUT2D eigenvalue weighted by Gasteiger charge is 2.20. The van der Waals surface area contributed by atoms with Crippen molar-refractivity contribution in [1.82, 2.24) is 20.0 Å². The summed E-state index contributed by atoms with van der Waals surface area (Å²) in [5.74, 6) is 0.0520. The second-order valence-electron chi connectivity index (χ2n) is 6.38. The zero-order valence-electron chi connectivity index (χ0n) is 14.4. The van der Waals surface area contributed by atoms with E-state index in [1.165, 1.54) is 5.56 Å². The van der Waals surface area contributed by atoms with Gasteiger partial charge in [-0.05, 0) is 26.0 Å². The summed E-state index contributed by atoms with van der Waals surface area (Å²) in [7, 11) is 0. The third-order valence-electron chi connectivity index (χ3n) is 4.55. The number of H-pyrrole nitrogens is 1. The van der Waals surface area contributed by atoms with Crippen LogP contribution in [0.1, 0.15) is 17.0 Å². The molecule has 24 heavy (non-hydrogen) atoms. The number of benzene rings is 1. The highest BCUT2D eigenvalue weighted by molar-refractivity contribution is 5.92. The van der Waals surface area contributed by atoms with E-state index in [4.69, 9.17) is 0 Å². The first kappa shape index (κ1) is 16.7. The number of hydrogen-bond donors (Lipinski definition) is 2. The standard InChI is InChI=1S/C18H25N5O/c1-14-17(15(2)21-20-14)12-22-8-10-23(11-9-22)13-18(24)19-16-6-4-3-5-7-16/h3-7H,8-13H2,1-2H3,(H,19,24)(H,20,21). The maximum atomic E-state index is 12.1. The van der Waals surface area contributed by atoms with Crippen LogP contribution in [-0.4, -0.2) is 58.6 Å². The molecule has 0 radical (unpaired) electrons. The number of carbonyl (C=O) groups is 1. The summed E-state index contributed by atoms with van der Waals surface area (Å²) in [6.07, 6.45) is 0. The van der Waals surface area contributed by atoms with E-state index in [-0.39, 0.29) is 5.91 Å². The molecular formula is C18H25N5O. The fraction of sp³-hybridized carbons (Fsp3) is 0.444. The highest BCUT2D eigenvalue weighted by atomic mass is 16.2. The topological polar surface area (TPSA) is 64.3 Å². The van der Waals surface area contributed by atoms with Crippen molar-refractivity contribution in [2.24, 2.45) is 0 Å². The molecule has 1 fully saturated rings. The maximum absolute atomic E-state index is 12.1. The van der Waals surface area contributed by atoms with Gasteiger partial charge in [0.1, 0.15) is 0 Å². The lowest BCUT2D eigenvalue weighted by atomic mass is 10.1. The third kappa shape index (κ3) is 4.21. The Balaban J connectivity index is 1.44. The number of rotatable bonds is 5. The molecule has 3 rings (SSSR count). The quantitative estimate of drug-likeness (QED) is 0.879. The summed E-state index contributed by atoms with van der Waals surface area (Å²) < 4.78 is 0. The molecule has 128 valence electrons. The molecule has 0 bridgehead atoms. The fourth-order valence-corrected chi connectivity index (χ4v) is 3.06. The molecule has 1 aliphatic rings. The van der Waals surface area contributed by atoms with E-state index in [9.17, 15) is 4.79 Å². The molecule has 1 aromatic heterocycles. The number of aromatic amines is 1. The molecule has 0 aliphatic carbocycles. The van der Waals surface area contributed by atoms with Gasteiger partial charge in [-0.1, -0.05) is 18.2 Å². The minimum Gasteiger partial charge on any atom is -0.325 e. The molecule has 1 amide bonds. The van der Waals surface area contributed by atoms with Gasteiger partial charge in [0.25, 0.3) is 0 Å². The second kappa shape index (κ2) is 7.59. The summed E-state index contributed by atoms with van der Waals surface area (Å²) in [4.78, 5) is 16.8. The zero-order valence-corrected chi connectivity index (χ0v) is 14.4. The van der Waals surface area contributed by atoms with Crippen molar-refractivity contribution in [1.29, 1.82) is 0 Å². The number of carbonyl (C=O) groups excluding carboxylic acids is 1. The van der Waals surface area contributed by atoms with Crippen LogP contribution in [0.5, 0.6) is 0 Å². The smallest absolute Gasteiger partial charge is 0.238 e. The van der Waals surface area contributed by atoms with E-state index in [1.807, 2.05) is 37.3 Å². The minimum atomic E-state index is 0.0520. The number of hydrogen-bond acceptors (Lipinski definition) is 4. The van der Waals surface area contributed by atoms with Crippen molar-refractivity contribution < 1.29 is 4.79 Å². The minimum absolute atomic E-state index is 0.0520. The molecule has 1 aromatic carbocycles. The molecule has 0 unspecified atom stereocenters. The molecular weight excluding hydrogens is 302 g/mol. The number of aryl methyl sites for hydroxylation is 2. The van der Waals surface area contributed by atoms with Gasteiger partial charge in [-0.25, -0.2) is 0 Å². The molecule has 2 N–H and O–H groups in total. The lowest BCUT2D eigenvalue weighted by Crippen LogP contribution is -2.48. The number of amides is 1. The van der Waals surface area contributed by atoms with Crippen molar-refractivity contribution in [3.05, 3.63) is 47.3 Å². The van der Waals surface area contributed by atoms with Crippen LogP contribution in [0.3, 0.4) is 0 Å². The van der Waals surface area contributed by atoms with Crippen molar-refractivity contribution in [3.8, 4) is 0 Å². The van der Waals surface area contributed by atoms with Gasteiger partial charge in [-0.2, -0.15) is 5.10 Å². The van der Waals surface area contributed by atoms with E-state index in [0.29, 0.717) is 6.54 Å². The van der Waals surface area contributed by atoms with Gasteiger partial charge in [0.05, 0.1) is 12.2 Å². The van der Waals surface area contributed by atoms with Crippen molar-refractivity contribution in [3.63, 3.8) is 0 Å². The maximum Gasteiger partial charge on any atom is 0.238 e. The molecule has 6 nitrogen and oxygen atoms in total. The summed E-state index contributed by atoms with van der Waals surface area (Å²) in [5, 5.41) is 10.3. The van der Waals surface area contributed by atoms with E-state index in [2.05, 4.69) is 32.2 Å². The van der Waals surface area contributed by atoms with Gasteiger partial charge >= 0.3 is 0 Å². The predicted molar refractivity (Wildman–Crippen MR) is 94.9 cm³/mol. The van der Waals surface area contributed by atoms with E-state index in [0.717, 1.165) is 49.8 Å². The number of nitrogens with one attached hydrogen (secondary N) is 2. The Kier molecular flexibility index (Phi) is 5.27. The third-order valence-corrected chi connectivity index (χ3v) is 4.55. The van der Waals surface area contributed by atoms with Crippen LogP contribution in [0.2, 0.25) is 0 Å². The molecule has 0 atom stereocenters. The van der Waals surface area contributed by atoms with Gasteiger partial charge < -0.3 is 5.32 Å². The molecule has 1 saturated heterocycles. The lowest BCUT2D eigenvalue weighted by Gasteiger charge is -2.34. The Hall–Kier alpha value is -2.18. The Bertz CT molecular complexity index is 654. The Morgan fingerprint density at radius 1 is 1.12 bits per heavy atom. The summed E-state index contributed by atoms with van der Waals surface area (Å²) in [6.45, 7) is 9.27. The van der Waals surface area contributed by atoms with Crippen LogP contribution in [0.15, 0.2) is 30.3 Å². The van der Waals surface area contributed by atoms with Gasteiger partial charge in [0, 0.05) is 49.7 Å². The van der Waals surface area contributed by atoms with Crippen LogP contribution >= 0.6 is 0 Å². The van der Waals surface area contributed by atoms with Gasteiger partial charge in [-0.3, -0.25) is 19.7 Å². The van der Waals surface area contributed by atoms with Crippen LogP contribution in [0, 0.1) is 13.8 Å². The Morgan fingerprint density at radius 3 is 2.42 bits per heavy atom. The molecule has 1 aliphatic heterocycles. The lowest BCUT2D eigenvalue weighted by molar-refractivity contribution is -0.117. The van der Waals surface area contributed by atoms with Gasteiger partial charge in [0.2, 0.25) is 5.91 Å². The van der Waals surface area contributed by atoms with Crippen molar-refractivity contribution >= 4 is 11.6 Å². The van der Waals surface area contributed by atoms with Crippen LogP contribution < -0.4 is 5.32 Å². The Labute approximate surface area is 142 Å². The van der Waals surface area contributed by atoms with Gasteiger partial charge in [0.15, 0.2) is 0 Å². The zero-order chi connectivity index (χ0) is 16.9. The van der Waals surface area contributed by atoms with E-state index >= 15 is 0 Å². The van der Waals surface area contributed by atoms with Crippen LogP contribution in [0.4, 0.5) is 5.69 Å². The highest BCUT2D eigenvalue weighted by Crippen LogP contribution is 2.14. The number of aromatic nitrogens is 2. The molecule has 0 spiro atoms. The molecule has 6 heteroatoms. The fourth-order valence-electron chi connectivity index (χ4n) is 3.06. The molecule has 2 heterocycles. The first-order chi connectivity index (χ1) is 11.6. The monoisotopic (exact) mass is 327 g/mol. The second-order valence-corrected chi connectivity index (χ2v) is 6.38. The number of anilines is 1. The average Bonchev–Trinajstić information content (AvgIpc) is 2.89. The van der Waals surface area contributed by atoms with E-state index in [1.54, 1.807) is 0 Å². The number of nitrogens with zero attached hydrogens (tertiary/aromatic N) is 3. The van der Waals surface area contributed by atoms with Crippen LogP contribution in [0.25, 0.3) is 0 Å². The summed E-state index contributed by atoms with van der Waals surface area (Å²) in [5.41, 5.74) is 4.38. The molecule has 2 aromatic rings. The summed E-state index contributed by atoms with van der Waals surface area (Å²) in [6, 6.07) is 9.61. The number of para-hydroxylation sites is 1. The number of piperazine rings is 1. The SMILES string of the molecule is Cc1n[nH]c(C)c1CN1CCN(CC(=O)Nc2ccccc2)CC1. The van der Waals surface area contributed by atoms with E-state index < -0.39 is 0 Å². The first-order valence-corrected chi connectivity index (χ1v) is 8.42. The van der Waals surface area contributed by atoms with Crippen molar-refractivity contribution in [2.75, 3.05) is 38.0 Å². The first-order valence-electron chi connectivity index (χ1n) is 8.42. The molecule has 0 saturated carbocycles. The van der Waals surface area contributed by atoms with Crippen molar-refractivity contribution in [2.45, 2.75) is 20.4 Å². The Morgan fingerprint density at radius 2 is 1.79 bits per heavy atom.